The summed E-state index contributed by atoms with van der Waals surface area (Å²) in [5.41, 5.74) is 0.809. The Balaban J connectivity index is 2.31. The number of carbonyl (C=O) groups is 1. The van der Waals surface area contributed by atoms with E-state index in [9.17, 15) is 14.9 Å². The van der Waals surface area contributed by atoms with E-state index in [-0.39, 0.29) is 11.3 Å². The van der Waals surface area contributed by atoms with E-state index in [1.165, 1.54) is 18.2 Å². The van der Waals surface area contributed by atoms with Gasteiger partial charge < -0.3 is 5.11 Å². The molecule has 1 aromatic heterocycles. The van der Waals surface area contributed by atoms with Crippen LogP contribution in [0, 0.1) is 17.0 Å². The zero-order valence-corrected chi connectivity index (χ0v) is 11.3. The first-order chi connectivity index (χ1) is 9.47. The fraction of sp³-hybridized carbons (Fsp3) is 0.0769. The molecule has 20 heavy (non-hydrogen) atoms. The predicted octanol–water partition coefficient (Wildman–Crippen LogP) is 3.15. The van der Waals surface area contributed by atoms with Gasteiger partial charge in [0.1, 0.15) is 5.03 Å². The van der Waals surface area contributed by atoms with Gasteiger partial charge in [-0.05, 0) is 31.2 Å². The number of carboxylic acids is 1. The molecule has 1 heterocycles. The highest BCUT2D eigenvalue weighted by Crippen LogP contribution is 2.30. The Morgan fingerprint density at radius 3 is 2.45 bits per heavy atom. The summed E-state index contributed by atoms with van der Waals surface area (Å²) >= 11 is 1.16. The third-order valence-electron chi connectivity index (χ3n) is 2.49. The van der Waals surface area contributed by atoms with Crippen molar-refractivity contribution in [3.63, 3.8) is 0 Å². The maximum Gasteiger partial charge on any atom is 0.338 e. The van der Waals surface area contributed by atoms with Gasteiger partial charge in [0.2, 0.25) is 0 Å². The number of hydrogen-bond acceptors (Lipinski definition) is 5. The van der Waals surface area contributed by atoms with Gasteiger partial charge in [-0.25, -0.2) is 9.78 Å². The zero-order valence-electron chi connectivity index (χ0n) is 10.4. The summed E-state index contributed by atoms with van der Waals surface area (Å²) < 4.78 is 0. The average molecular weight is 290 g/mol. The van der Waals surface area contributed by atoms with Gasteiger partial charge in [-0.1, -0.05) is 11.8 Å². The van der Waals surface area contributed by atoms with Crippen molar-refractivity contribution in [3.8, 4) is 0 Å². The summed E-state index contributed by atoms with van der Waals surface area (Å²) in [6, 6.07) is 9.01. The lowest BCUT2D eigenvalue weighted by Gasteiger charge is -2.05. The number of non-ortho nitro benzene ring substituents is 1. The molecule has 102 valence electrons. The lowest BCUT2D eigenvalue weighted by atomic mass is 10.2. The van der Waals surface area contributed by atoms with Crippen LogP contribution in [-0.4, -0.2) is 21.0 Å². The molecule has 0 amide bonds. The molecule has 7 heteroatoms. The van der Waals surface area contributed by atoms with Crippen LogP contribution in [0.2, 0.25) is 0 Å². The Kier molecular flexibility index (Phi) is 3.99. The quantitative estimate of drug-likeness (QED) is 0.686. The molecule has 0 aliphatic heterocycles. The highest BCUT2D eigenvalue weighted by molar-refractivity contribution is 7.99. The van der Waals surface area contributed by atoms with Crippen molar-refractivity contribution in [1.29, 1.82) is 0 Å². The molecule has 2 rings (SSSR count). The lowest BCUT2D eigenvalue weighted by Crippen LogP contribution is -2.01. The van der Waals surface area contributed by atoms with Gasteiger partial charge in [0.15, 0.2) is 0 Å². The second kappa shape index (κ2) is 5.70. The summed E-state index contributed by atoms with van der Waals surface area (Å²) in [5, 5.41) is 20.0. The van der Waals surface area contributed by atoms with Crippen molar-refractivity contribution >= 4 is 23.4 Å². The van der Waals surface area contributed by atoms with Crippen LogP contribution in [0.25, 0.3) is 0 Å². The first-order valence-corrected chi connectivity index (χ1v) is 6.42. The number of carboxylic acid groups (broad SMARTS) is 1. The number of hydrogen-bond donors (Lipinski definition) is 1. The van der Waals surface area contributed by atoms with E-state index in [0.717, 1.165) is 11.8 Å². The van der Waals surface area contributed by atoms with Gasteiger partial charge >= 0.3 is 5.97 Å². The largest absolute Gasteiger partial charge is 0.478 e. The van der Waals surface area contributed by atoms with Gasteiger partial charge in [-0.15, -0.1) is 0 Å². The standard InChI is InChI=1S/C13H10N2O4S/c1-8-2-7-11(13(16)17)12(14-8)20-10-5-3-9(4-6-10)15(18)19/h2-7H,1H3,(H,16,17). The first kappa shape index (κ1) is 14.0. The molecule has 0 saturated carbocycles. The summed E-state index contributed by atoms with van der Waals surface area (Å²) in [4.78, 5) is 26.1. The SMILES string of the molecule is Cc1ccc(C(=O)O)c(Sc2ccc([N+](=O)[O-])cc2)n1. The van der Waals surface area contributed by atoms with Gasteiger partial charge in [-0.2, -0.15) is 0 Å². The Bertz CT molecular complexity index is 671. The molecule has 0 unspecified atom stereocenters. The summed E-state index contributed by atoms with van der Waals surface area (Å²) in [6.45, 7) is 1.77. The van der Waals surface area contributed by atoms with Crippen molar-refractivity contribution in [1.82, 2.24) is 4.98 Å². The Labute approximate surface area is 118 Å². The molecule has 0 bridgehead atoms. The predicted molar refractivity (Wildman–Crippen MR) is 73.2 cm³/mol. The van der Waals surface area contributed by atoms with Crippen LogP contribution >= 0.6 is 11.8 Å². The third-order valence-corrected chi connectivity index (χ3v) is 3.50. The van der Waals surface area contributed by atoms with E-state index in [0.29, 0.717) is 15.6 Å². The van der Waals surface area contributed by atoms with Crippen molar-refractivity contribution < 1.29 is 14.8 Å². The fourth-order valence-corrected chi connectivity index (χ4v) is 2.47. The van der Waals surface area contributed by atoms with Crippen molar-refractivity contribution in [2.45, 2.75) is 16.8 Å². The number of aromatic nitrogens is 1. The maximum absolute atomic E-state index is 11.1. The molecule has 6 nitrogen and oxygen atoms in total. The van der Waals surface area contributed by atoms with Crippen LogP contribution < -0.4 is 0 Å². The number of pyridine rings is 1. The van der Waals surface area contributed by atoms with Gasteiger partial charge in [0, 0.05) is 22.7 Å². The highest BCUT2D eigenvalue weighted by Gasteiger charge is 2.13. The Morgan fingerprint density at radius 2 is 1.90 bits per heavy atom. The van der Waals surface area contributed by atoms with Crippen LogP contribution in [0.4, 0.5) is 5.69 Å². The molecule has 0 saturated heterocycles. The van der Waals surface area contributed by atoms with Gasteiger partial charge in [0.25, 0.3) is 5.69 Å². The Morgan fingerprint density at radius 1 is 1.25 bits per heavy atom. The molecule has 0 spiro atoms. The van der Waals surface area contributed by atoms with Crippen LogP contribution in [0.1, 0.15) is 16.1 Å². The highest BCUT2D eigenvalue weighted by atomic mass is 32.2. The molecule has 1 aromatic carbocycles. The first-order valence-electron chi connectivity index (χ1n) is 5.60. The minimum Gasteiger partial charge on any atom is -0.478 e. The minimum atomic E-state index is -1.05. The minimum absolute atomic E-state index is 0.00925. The lowest BCUT2D eigenvalue weighted by molar-refractivity contribution is -0.384. The molecular weight excluding hydrogens is 280 g/mol. The molecule has 2 aromatic rings. The summed E-state index contributed by atoms with van der Waals surface area (Å²) in [7, 11) is 0. The normalized spacial score (nSPS) is 10.2. The fourth-order valence-electron chi connectivity index (χ4n) is 1.52. The number of rotatable bonds is 4. The molecule has 0 aliphatic rings. The monoisotopic (exact) mass is 290 g/mol. The van der Waals surface area contributed by atoms with E-state index in [1.54, 1.807) is 25.1 Å². The zero-order chi connectivity index (χ0) is 14.7. The summed E-state index contributed by atoms with van der Waals surface area (Å²) in [5.74, 6) is -1.05. The maximum atomic E-state index is 11.1. The Hall–Kier alpha value is -2.41. The second-order valence-corrected chi connectivity index (χ2v) is 5.03. The van der Waals surface area contributed by atoms with E-state index >= 15 is 0 Å². The van der Waals surface area contributed by atoms with E-state index in [2.05, 4.69) is 4.98 Å². The molecule has 1 N–H and O–H groups in total. The van der Waals surface area contributed by atoms with E-state index in [4.69, 9.17) is 5.11 Å². The van der Waals surface area contributed by atoms with E-state index in [1.807, 2.05) is 0 Å². The molecule has 0 aliphatic carbocycles. The molecule has 0 fully saturated rings. The van der Waals surface area contributed by atoms with Crippen LogP contribution in [0.5, 0.6) is 0 Å². The average Bonchev–Trinajstić information content (AvgIpc) is 2.39. The molecule has 0 atom stereocenters. The van der Waals surface area contributed by atoms with Gasteiger partial charge in [-0.3, -0.25) is 10.1 Å². The van der Waals surface area contributed by atoms with Gasteiger partial charge in [0.05, 0.1) is 10.5 Å². The number of nitrogens with zero attached hydrogens (tertiary/aromatic N) is 2. The number of aromatic carboxylic acids is 1. The molecular formula is C13H10N2O4S. The topological polar surface area (TPSA) is 93.3 Å². The van der Waals surface area contributed by atoms with Crippen molar-refractivity contribution in [2.75, 3.05) is 0 Å². The number of nitro groups is 1. The number of benzene rings is 1. The van der Waals surface area contributed by atoms with E-state index < -0.39 is 10.9 Å². The van der Waals surface area contributed by atoms with Crippen LogP contribution in [-0.2, 0) is 0 Å². The van der Waals surface area contributed by atoms with Crippen LogP contribution in [0.3, 0.4) is 0 Å². The number of nitro benzene ring substituents is 1. The third kappa shape index (κ3) is 3.12. The smallest absolute Gasteiger partial charge is 0.338 e. The number of aryl methyl sites for hydroxylation is 1. The van der Waals surface area contributed by atoms with Crippen LogP contribution in [0.15, 0.2) is 46.3 Å². The summed E-state index contributed by atoms with van der Waals surface area (Å²) in [6.07, 6.45) is 0. The van der Waals surface area contributed by atoms with Crippen molar-refractivity contribution in [2.24, 2.45) is 0 Å². The molecule has 0 radical (unpaired) electrons. The second-order valence-electron chi connectivity index (χ2n) is 3.96. The van der Waals surface area contributed by atoms with Crippen molar-refractivity contribution in [3.05, 3.63) is 57.8 Å².